The number of aryl methyl sites for hydroxylation is 2. The molecule has 33 heavy (non-hydrogen) atoms. The van der Waals surface area contributed by atoms with Gasteiger partial charge >= 0.3 is 0 Å². The maximum atomic E-state index is 13.0. The topological polar surface area (TPSA) is 107 Å². The number of piperazine rings is 1. The van der Waals surface area contributed by atoms with Gasteiger partial charge in [0.2, 0.25) is 21.8 Å². The molecule has 0 saturated carbocycles. The molecular formula is C24H31N3O5S. The van der Waals surface area contributed by atoms with Crippen LogP contribution in [0.25, 0.3) is 0 Å². The molecule has 1 fully saturated rings. The van der Waals surface area contributed by atoms with Gasteiger partial charge in [-0.3, -0.25) is 9.59 Å². The monoisotopic (exact) mass is 473 g/mol. The molecule has 8 nitrogen and oxygen atoms in total. The molecule has 2 N–H and O–H groups in total. The van der Waals surface area contributed by atoms with Crippen molar-refractivity contribution in [1.29, 1.82) is 0 Å². The van der Waals surface area contributed by atoms with Gasteiger partial charge in [-0.05, 0) is 36.6 Å². The third kappa shape index (κ3) is 6.40. The summed E-state index contributed by atoms with van der Waals surface area (Å²) in [6.07, 6.45) is -0.754. The molecule has 2 aromatic carbocycles. The number of hydrogen-bond acceptors (Lipinski definition) is 5. The van der Waals surface area contributed by atoms with Gasteiger partial charge in [0.05, 0.1) is 11.0 Å². The number of carbonyl (C=O) groups is 2. The highest BCUT2D eigenvalue weighted by Gasteiger charge is 2.31. The van der Waals surface area contributed by atoms with Crippen molar-refractivity contribution in [3.05, 3.63) is 65.2 Å². The molecule has 0 spiro atoms. The Bertz CT molecular complexity index is 1080. The molecule has 1 aliphatic heterocycles. The molecule has 1 aliphatic rings. The number of hydrogen-bond donors (Lipinski definition) is 2. The molecule has 0 bridgehead atoms. The summed E-state index contributed by atoms with van der Waals surface area (Å²) >= 11 is 0. The van der Waals surface area contributed by atoms with E-state index in [4.69, 9.17) is 0 Å². The second-order valence-electron chi connectivity index (χ2n) is 8.28. The van der Waals surface area contributed by atoms with E-state index in [0.717, 1.165) is 5.56 Å². The number of benzene rings is 2. The van der Waals surface area contributed by atoms with Gasteiger partial charge in [0.25, 0.3) is 0 Å². The van der Waals surface area contributed by atoms with Crippen LogP contribution in [-0.2, 0) is 19.6 Å². The number of nitrogens with one attached hydrogen (secondary N) is 1. The molecule has 1 atom stereocenters. The van der Waals surface area contributed by atoms with E-state index in [-0.39, 0.29) is 57.4 Å². The lowest BCUT2D eigenvalue weighted by atomic mass is 10.1. The van der Waals surface area contributed by atoms with Gasteiger partial charge in [-0.25, -0.2) is 8.42 Å². The Balaban J connectivity index is 1.44. The standard InChI is InChI=1S/C24H31N3O5S/c1-18-8-9-19(2)22(16-18)33(31,32)27-14-12-26(13-15-27)24(30)11-10-23(29)25-17-21(28)20-6-4-3-5-7-20/h3-9,16,21,28H,10-15,17H2,1-2H3,(H,25,29). The molecule has 2 aromatic rings. The van der Waals surface area contributed by atoms with Gasteiger partial charge in [0.1, 0.15) is 0 Å². The van der Waals surface area contributed by atoms with Crippen molar-refractivity contribution in [3.63, 3.8) is 0 Å². The zero-order valence-electron chi connectivity index (χ0n) is 19.0. The van der Waals surface area contributed by atoms with Crippen LogP contribution in [0.1, 0.15) is 35.6 Å². The quantitative estimate of drug-likeness (QED) is 0.608. The summed E-state index contributed by atoms with van der Waals surface area (Å²) in [6.45, 7) is 4.72. The Hall–Kier alpha value is -2.75. The minimum absolute atomic E-state index is 0.0152. The number of amides is 2. The lowest BCUT2D eigenvalue weighted by Gasteiger charge is -2.34. The first-order valence-electron chi connectivity index (χ1n) is 11.0. The van der Waals surface area contributed by atoms with Gasteiger partial charge in [0, 0.05) is 45.6 Å². The van der Waals surface area contributed by atoms with Gasteiger partial charge < -0.3 is 15.3 Å². The fraction of sp³-hybridized carbons (Fsp3) is 0.417. The Morgan fingerprint density at radius 1 is 1.00 bits per heavy atom. The smallest absolute Gasteiger partial charge is 0.243 e. The first kappa shape index (κ1) is 24.9. The fourth-order valence-electron chi connectivity index (χ4n) is 3.77. The average molecular weight is 474 g/mol. The molecule has 0 radical (unpaired) electrons. The molecule has 9 heteroatoms. The first-order valence-corrected chi connectivity index (χ1v) is 12.5. The lowest BCUT2D eigenvalue weighted by molar-refractivity contribution is -0.134. The highest BCUT2D eigenvalue weighted by Crippen LogP contribution is 2.22. The Morgan fingerprint density at radius 2 is 1.67 bits per heavy atom. The van der Waals surface area contributed by atoms with E-state index >= 15 is 0 Å². The van der Waals surface area contributed by atoms with Crippen molar-refractivity contribution < 1.29 is 23.1 Å². The predicted octanol–water partition coefficient (Wildman–Crippen LogP) is 1.77. The lowest BCUT2D eigenvalue weighted by Crippen LogP contribution is -2.50. The van der Waals surface area contributed by atoms with Crippen LogP contribution in [-0.4, -0.2) is 67.3 Å². The average Bonchev–Trinajstić information content (AvgIpc) is 2.83. The Labute approximate surface area is 195 Å². The summed E-state index contributed by atoms with van der Waals surface area (Å²) in [5, 5.41) is 12.8. The maximum absolute atomic E-state index is 13.0. The number of aliphatic hydroxyl groups is 1. The minimum atomic E-state index is -3.62. The summed E-state index contributed by atoms with van der Waals surface area (Å²) in [5.74, 6) is -0.494. The minimum Gasteiger partial charge on any atom is -0.387 e. The highest BCUT2D eigenvalue weighted by molar-refractivity contribution is 7.89. The van der Waals surface area contributed by atoms with Gasteiger partial charge in [0.15, 0.2) is 0 Å². The molecule has 0 aliphatic carbocycles. The molecule has 1 heterocycles. The molecule has 3 rings (SSSR count). The molecule has 2 amide bonds. The van der Waals surface area contributed by atoms with Crippen molar-refractivity contribution in [3.8, 4) is 0 Å². The van der Waals surface area contributed by atoms with E-state index in [9.17, 15) is 23.1 Å². The van der Waals surface area contributed by atoms with E-state index in [1.807, 2.05) is 31.2 Å². The summed E-state index contributed by atoms with van der Waals surface area (Å²) in [6, 6.07) is 14.4. The van der Waals surface area contributed by atoms with E-state index in [1.165, 1.54) is 4.31 Å². The summed E-state index contributed by atoms with van der Waals surface area (Å²) in [4.78, 5) is 26.5. The number of nitrogens with zero attached hydrogens (tertiary/aromatic N) is 2. The van der Waals surface area contributed by atoms with E-state index in [1.54, 1.807) is 36.1 Å². The predicted molar refractivity (Wildman–Crippen MR) is 125 cm³/mol. The number of rotatable bonds is 8. The van der Waals surface area contributed by atoms with Gasteiger partial charge in [-0.1, -0.05) is 42.5 Å². The zero-order chi connectivity index (χ0) is 24.0. The van der Waals surface area contributed by atoms with E-state index in [0.29, 0.717) is 16.0 Å². The van der Waals surface area contributed by atoms with Gasteiger partial charge in [-0.15, -0.1) is 0 Å². The molecule has 0 aromatic heterocycles. The van der Waals surface area contributed by atoms with Crippen LogP contribution in [0.3, 0.4) is 0 Å². The highest BCUT2D eigenvalue weighted by atomic mass is 32.2. The Morgan fingerprint density at radius 3 is 2.33 bits per heavy atom. The molecule has 1 saturated heterocycles. The number of carbonyl (C=O) groups excluding carboxylic acids is 2. The van der Waals surface area contributed by atoms with Crippen LogP contribution < -0.4 is 5.32 Å². The maximum Gasteiger partial charge on any atom is 0.243 e. The first-order chi connectivity index (χ1) is 15.7. The summed E-state index contributed by atoms with van der Waals surface area (Å²) in [5.41, 5.74) is 2.28. The van der Waals surface area contributed by atoms with Crippen LogP contribution in [0.5, 0.6) is 0 Å². The van der Waals surface area contributed by atoms with Crippen molar-refractivity contribution in [1.82, 2.24) is 14.5 Å². The normalized spacial score (nSPS) is 15.8. The molecular weight excluding hydrogens is 442 g/mol. The molecule has 178 valence electrons. The van der Waals surface area contributed by atoms with Crippen molar-refractivity contribution in [2.24, 2.45) is 0 Å². The third-order valence-corrected chi connectivity index (χ3v) is 7.84. The third-order valence-electron chi connectivity index (χ3n) is 5.80. The second-order valence-corrected chi connectivity index (χ2v) is 10.2. The van der Waals surface area contributed by atoms with Crippen LogP contribution in [0.15, 0.2) is 53.4 Å². The van der Waals surface area contributed by atoms with Crippen molar-refractivity contribution >= 4 is 21.8 Å². The zero-order valence-corrected chi connectivity index (χ0v) is 19.8. The Kier molecular flexibility index (Phi) is 8.23. The summed E-state index contributed by atoms with van der Waals surface area (Å²) < 4.78 is 27.5. The fourth-order valence-corrected chi connectivity index (χ4v) is 5.50. The van der Waals surface area contributed by atoms with Crippen molar-refractivity contribution in [2.75, 3.05) is 32.7 Å². The number of sulfonamides is 1. The van der Waals surface area contributed by atoms with Crippen LogP contribution in [0.4, 0.5) is 0 Å². The molecule has 1 unspecified atom stereocenters. The SMILES string of the molecule is Cc1ccc(C)c(S(=O)(=O)N2CCN(C(=O)CCC(=O)NCC(O)c3ccccc3)CC2)c1. The van der Waals surface area contributed by atoms with Gasteiger partial charge in [-0.2, -0.15) is 4.31 Å². The number of aliphatic hydroxyl groups excluding tert-OH is 1. The van der Waals surface area contributed by atoms with Crippen molar-refractivity contribution in [2.45, 2.75) is 37.7 Å². The van der Waals surface area contributed by atoms with E-state index < -0.39 is 16.1 Å². The van der Waals surface area contributed by atoms with Crippen LogP contribution in [0.2, 0.25) is 0 Å². The second kappa shape index (κ2) is 10.9. The van der Waals surface area contributed by atoms with Crippen LogP contribution in [0, 0.1) is 13.8 Å². The van der Waals surface area contributed by atoms with Crippen LogP contribution >= 0.6 is 0 Å². The summed E-state index contributed by atoms with van der Waals surface area (Å²) in [7, 11) is -3.62. The largest absolute Gasteiger partial charge is 0.387 e. The van der Waals surface area contributed by atoms with E-state index in [2.05, 4.69) is 5.32 Å².